The van der Waals surface area contributed by atoms with E-state index >= 15 is 0 Å². The van der Waals surface area contributed by atoms with E-state index in [2.05, 4.69) is 70.5 Å². The summed E-state index contributed by atoms with van der Waals surface area (Å²) in [5.41, 5.74) is 4.04. The van der Waals surface area contributed by atoms with Crippen LogP contribution < -0.4 is 10.6 Å². The first-order chi connectivity index (χ1) is 14.7. The van der Waals surface area contributed by atoms with Gasteiger partial charge in [-0.2, -0.15) is 11.8 Å². The Morgan fingerprint density at radius 1 is 1.30 bits per heavy atom. The lowest BCUT2D eigenvalue weighted by Gasteiger charge is -2.42. The molecule has 0 spiro atoms. The average Bonchev–Trinajstić information content (AvgIpc) is 3.40. The number of aryl methyl sites for hydroxylation is 1. The van der Waals surface area contributed by atoms with Gasteiger partial charge in [0, 0.05) is 49.0 Å². The van der Waals surface area contributed by atoms with Crippen molar-refractivity contribution in [1.29, 1.82) is 0 Å². The summed E-state index contributed by atoms with van der Waals surface area (Å²) in [6, 6.07) is 6.62. The minimum atomic E-state index is 0.186. The van der Waals surface area contributed by atoms with E-state index in [1.165, 1.54) is 40.0 Å². The fourth-order valence-corrected chi connectivity index (χ4v) is 5.97. The molecule has 3 heterocycles. The summed E-state index contributed by atoms with van der Waals surface area (Å²) < 4.78 is 5.58. The van der Waals surface area contributed by atoms with Crippen LogP contribution in [0.4, 0.5) is 0 Å². The monoisotopic (exact) mass is 429 g/mol. The molecule has 3 N–H and O–H groups in total. The predicted octanol–water partition coefficient (Wildman–Crippen LogP) is 2.78. The average molecular weight is 430 g/mol. The van der Waals surface area contributed by atoms with E-state index in [1.807, 2.05) is 0 Å². The van der Waals surface area contributed by atoms with Crippen molar-refractivity contribution in [3.8, 4) is 0 Å². The third-order valence-corrected chi connectivity index (χ3v) is 7.48. The SMILES string of the molecule is CCNC(=NCC1(N2CCOCC2)CCSC1)NCCc1c[nH]c2cc(C)ccc12. The number of fused-ring (bicyclic) bond motifs is 1. The summed E-state index contributed by atoms with van der Waals surface area (Å²) in [5.74, 6) is 3.33. The summed E-state index contributed by atoms with van der Waals surface area (Å²) >= 11 is 2.06. The van der Waals surface area contributed by atoms with Crippen molar-refractivity contribution in [1.82, 2.24) is 20.5 Å². The molecule has 164 valence electrons. The minimum Gasteiger partial charge on any atom is -0.379 e. The molecular formula is C23H35N5OS. The molecule has 7 heteroatoms. The Hall–Kier alpha value is -1.70. The third kappa shape index (κ3) is 4.95. The number of nitrogens with zero attached hydrogens (tertiary/aromatic N) is 2. The van der Waals surface area contributed by atoms with Gasteiger partial charge in [-0.25, -0.2) is 0 Å². The van der Waals surface area contributed by atoms with Crippen molar-refractivity contribution in [3.05, 3.63) is 35.5 Å². The van der Waals surface area contributed by atoms with Crippen molar-refractivity contribution in [3.63, 3.8) is 0 Å². The minimum absolute atomic E-state index is 0.186. The zero-order chi connectivity index (χ0) is 20.8. The Morgan fingerprint density at radius 3 is 2.93 bits per heavy atom. The smallest absolute Gasteiger partial charge is 0.191 e. The molecular weight excluding hydrogens is 394 g/mol. The third-order valence-electron chi connectivity index (χ3n) is 6.25. The topological polar surface area (TPSA) is 64.7 Å². The fourth-order valence-electron chi connectivity index (χ4n) is 4.50. The van der Waals surface area contributed by atoms with Crippen LogP contribution in [0.15, 0.2) is 29.4 Å². The summed E-state index contributed by atoms with van der Waals surface area (Å²) in [4.78, 5) is 11.1. The van der Waals surface area contributed by atoms with Gasteiger partial charge < -0.3 is 20.4 Å². The normalized spacial score (nSPS) is 23.2. The number of ether oxygens (including phenoxy) is 1. The van der Waals surface area contributed by atoms with Crippen molar-refractivity contribution in [2.24, 2.45) is 4.99 Å². The molecule has 1 aromatic carbocycles. The van der Waals surface area contributed by atoms with Crippen LogP contribution in [0, 0.1) is 6.92 Å². The highest BCUT2D eigenvalue weighted by molar-refractivity contribution is 7.99. The number of guanidine groups is 1. The highest BCUT2D eigenvalue weighted by atomic mass is 32.2. The number of aliphatic imine (C=N–C) groups is 1. The maximum Gasteiger partial charge on any atom is 0.191 e. The van der Waals surface area contributed by atoms with Gasteiger partial charge in [0.2, 0.25) is 0 Å². The molecule has 1 aromatic heterocycles. The summed E-state index contributed by atoms with van der Waals surface area (Å²) in [5, 5.41) is 8.30. The molecule has 2 fully saturated rings. The second-order valence-corrected chi connectivity index (χ2v) is 9.47. The van der Waals surface area contributed by atoms with E-state index < -0.39 is 0 Å². The van der Waals surface area contributed by atoms with Crippen LogP contribution in [0.25, 0.3) is 10.9 Å². The van der Waals surface area contributed by atoms with Crippen LogP contribution in [0.2, 0.25) is 0 Å². The van der Waals surface area contributed by atoms with Crippen LogP contribution in [-0.2, 0) is 11.2 Å². The molecule has 2 aliphatic heterocycles. The quantitative estimate of drug-likeness (QED) is 0.467. The van der Waals surface area contributed by atoms with Crippen molar-refractivity contribution in [2.75, 3.05) is 57.4 Å². The number of H-pyrrole nitrogens is 1. The number of aromatic nitrogens is 1. The van der Waals surface area contributed by atoms with E-state index in [-0.39, 0.29) is 5.54 Å². The molecule has 4 rings (SSSR count). The van der Waals surface area contributed by atoms with Gasteiger partial charge >= 0.3 is 0 Å². The van der Waals surface area contributed by atoms with Gasteiger partial charge in [0.15, 0.2) is 5.96 Å². The zero-order valence-electron chi connectivity index (χ0n) is 18.3. The molecule has 2 aliphatic rings. The molecule has 0 radical (unpaired) electrons. The molecule has 30 heavy (non-hydrogen) atoms. The Balaban J connectivity index is 1.38. The van der Waals surface area contributed by atoms with E-state index in [1.54, 1.807) is 0 Å². The highest BCUT2D eigenvalue weighted by Crippen LogP contribution is 2.34. The maximum atomic E-state index is 5.58. The number of thioether (sulfide) groups is 1. The van der Waals surface area contributed by atoms with E-state index in [0.29, 0.717) is 0 Å². The number of hydrogen-bond acceptors (Lipinski definition) is 4. The van der Waals surface area contributed by atoms with Gasteiger partial charge in [0.1, 0.15) is 0 Å². The zero-order valence-corrected chi connectivity index (χ0v) is 19.1. The van der Waals surface area contributed by atoms with E-state index in [0.717, 1.165) is 58.3 Å². The number of nitrogens with one attached hydrogen (secondary N) is 3. The van der Waals surface area contributed by atoms with E-state index in [4.69, 9.17) is 9.73 Å². The highest BCUT2D eigenvalue weighted by Gasteiger charge is 2.40. The Bertz CT molecular complexity index is 852. The largest absolute Gasteiger partial charge is 0.379 e. The number of morpholine rings is 1. The molecule has 0 aliphatic carbocycles. The molecule has 1 unspecified atom stereocenters. The van der Waals surface area contributed by atoms with Gasteiger partial charge in [-0.05, 0) is 49.6 Å². The van der Waals surface area contributed by atoms with Gasteiger partial charge in [-0.1, -0.05) is 12.1 Å². The second-order valence-electron chi connectivity index (χ2n) is 8.36. The summed E-state index contributed by atoms with van der Waals surface area (Å²) in [7, 11) is 0. The first-order valence-electron chi connectivity index (χ1n) is 11.2. The van der Waals surface area contributed by atoms with Crippen LogP contribution in [-0.4, -0.2) is 78.8 Å². The van der Waals surface area contributed by atoms with Gasteiger partial charge in [-0.15, -0.1) is 0 Å². The standard InChI is InChI=1S/C23H35N5OS/c1-3-24-22(25-8-6-19-15-26-21-14-18(2)4-5-20(19)21)27-16-23(7-13-30-17-23)28-9-11-29-12-10-28/h4-5,14-15,26H,3,6-13,16-17H2,1-2H3,(H2,24,25,27). The molecule has 2 aromatic rings. The van der Waals surface area contributed by atoms with Crippen LogP contribution in [0.5, 0.6) is 0 Å². The number of hydrogen-bond donors (Lipinski definition) is 3. The first-order valence-corrected chi connectivity index (χ1v) is 12.3. The molecule has 0 saturated carbocycles. The Morgan fingerprint density at radius 2 is 2.17 bits per heavy atom. The van der Waals surface area contributed by atoms with Gasteiger partial charge in [0.25, 0.3) is 0 Å². The lowest BCUT2D eigenvalue weighted by Crippen LogP contribution is -2.56. The van der Waals surface area contributed by atoms with Gasteiger partial charge in [0.05, 0.1) is 25.3 Å². The van der Waals surface area contributed by atoms with Crippen molar-refractivity contribution >= 4 is 28.6 Å². The lowest BCUT2D eigenvalue weighted by atomic mass is 9.96. The Labute approximate surface area is 184 Å². The maximum absolute atomic E-state index is 5.58. The fraction of sp³-hybridized carbons (Fsp3) is 0.609. The van der Waals surface area contributed by atoms with E-state index in [9.17, 15) is 0 Å². The van der Waals surface area contributed by atoms with Crippen LogP contribution >= 0.6 is 11.8 Å². The number of rotatable bonds is 7. The van der Waals surface area contributed by atoms with Crippen molar-refractivity contribution < 1.29 is 4.74 Å². The summed E-state index contributed by atoms with van der Waals surface area (Å²) in [6.07, 6.45) is 4.33. The first kappa shape index (κ1) is 21.5. The molecule has 1 atom stereocenters. The predicted molar refractivity (Wildman–Crippen MR) is 128 cm³/mol. The molecule has 0 bridgehead atoms. The number of aromatic amines is 1. The summed E-state index contributed by atoms with van der Waals surface area (Å²) in [6.45, 7) is 10.6. The lowest BCUT2D eigenvalue weighted by molar-refractivity contribution is -0.0104. The molecule has 2 saturated heterocycles. The van der Waals surface area contributed by atoms with Crippen LogP contribution in [0.1, 0.15) is 24.5 Å². The number of benzene rings is 1. The van der Waals surface area contributed by atoms with Gasteiger partial charge in [-0.3, -0.25) is 9.89 Å². The Kier molecular flexibility index (Phi) is 7.23. The molecule has 0 amide bonds. The van der Waals surface area contributed by atoms with Crippen LogP contribution in [0.3, 0.4) is 0 Å². The molecule has 6 nitrogen and oxygen atoms in total. The second kappa shape index (κ2) is 10.1. The van der Waals surface area contributed by atoms with Crippen molar-refractivity contribution in [2.45, 2.75) is 32.2 Å².